The number of hydrogen-bond acceptors (Lipinski definition) is 8. The van der Waals surface area contributed by atoms with Gasteiger partial charge in [0.25, 0.3) is 0 Å². The van der Waals surface area contributed by atoms with Crippen molar-refractivity contribution in [3.8, 4) is 0 Å². The van der Waals surface area contributed by atoms with Crippen LogP contribution in [0.2, 0.25) is 0 Å². The SMILES string of the molecule is C=C(C)C(=O)NCCCN(Cc1cc(F)ccc1B(O)O)Cc1c2ccccc2c(CN(CCC(=O)O)Cc2cc(F)ccc2B(O)O)c2ccccc12. The number of carbonyl (C=O) groups excluding carboxylic acids is 1. The fourth-order valence-corrected chi connectivity index (χ4v) is 6.84. The van der Waals surface area contributed by atoms with Crippen molar-refractivity contribution in [2.45, 2.75) is 45.9 Å². The number of carboxylic acids is 1. The zero-order valence-corrected chi connectivity index (χ0v) is 30.0. The van der Waals surface area contributed by atoms with Gasteiger partial charge in [0.2, 0.25) is 5.91 Å². The van der Waals surface area contributed by atoms with Crippen LogP contribution in [0, 0.1) is 11.6 Å². The molecule has 0 aliphatic heterocycles. The molecule has 5 aromatic rings. The fourth-order valence-electron chi connectivity index (χ4n) is 6.84. The minimum absolute atomic E-state index is 0.0464. The van der Waals surface area contributed by atoms with Crippen LogP contribution in [0.5, 0.6) is 0 Å². The lowest BCUT2D eigenvalue weighted by Crippen LogP contribution is -2.37. The van der Waals surface area contributed by atoms with E-state index in [1.165, 1.54) is 30.3 Å². The largest absolute Gasteiger partial charge is 0.488 e. The summed E-state index contributed by atoms with van der Waals surface area (Å²) in [5.74, 6) is -2.35. The Hall–Kier alpha value is -4.95. The molecule has 0 heterocycles. The van der Waals surface area contributed by atoms with Crippen molar-refractivity contribution in [3.63, 3.8) is 0 Å². The van der Waals surface area contributed by atoms with Crippen LogP contribution in [-0.2, 0) is 35.8 Å². The maximum Gasteiger partial charge on any atom is 0.488 e. The van der Waals surface area contributed by atoms with Gasteiger partial charge in [-0.25, -0.2) is 8.78 Å². The van der Waals surface area contributed by atoms with Gasteiger partial charge < -0.3 is 30.5 Å². The van der Waals surface area contributed by atoms with Gasteiger partial charge in [0.05, 0.1) is 6.42 Å². The molecule has 1 amide bonds. The Morgan fingerprint density at radius 1 is 0.685 bits per heavy atom. The predicted molar refractivity (Wildman–Crippen MR) is 207 cm³/mol. The number of hydrogen-bond donors (Lipinski definition) is 6. The van der Waals surface area contributed by atoms with E-state index in [4.69, 9.17) is 0 Å². The van der Waals surface area contributed by atoms with Crippen LogP contribution in [0.1, 0.15) is 42.0 Å². The molecule has 0 atom stereocenters. The van der Waals surface area contributed by atoms with E-state index < -0.39 is 31.8 Å². The summed E-state index contributed by atoms with van der Waals surface area (Å²) in [5.41, 5.74) is 3.25. The summed E-state index contributed by atoms with van der Waals surface area (Å²) >= 11 is 0. The summed E-state index contributed by atoms with van der Waals surface area (Å²) in [6.07, 6.45) is 0.328. The minimum atomic E-state index is -1.85. The molecule has 5 aromatic carbocycles. The molecule has 280 valence electrons. The van der Waals surface area contributed by atoms with Gasteiger partial charge in [-0.15, -0.1) is 0 Å². The Morgan fingerprint density at radius 2 is 1.11 bits per heavy atom. The average Bonchev–Trinajstić information content (AvgIpc) is 3.13. The number of carboxylic acid groups (broad SMARTS) is 1. The van der Waals surface area contributed by atoms with E-state index >= 15 is 0 Å². The number of aliphatic carboxylic acids is 1. The van der Waals surface area contributed by atoms with Crippen LogP contribution in [0.25, 0.3) is 21.5 Å². The molecule has 0 unspecified atom stereocenters. The molecular formula is C40H43B2F2N3O7. The molecule has 14 heteroatoms. The zero-order chi connectivity index (χ0) is 38.9. The smallest absolute Gasteiger partial charge is 0.481 e. The monoisotopic (exact) mass is 737 g/mol. The molecule has 0 aliphatic carbocycles. The summed E-state index contributed by atoms with van der Waals surface area (Å²) in [6.45, 7) is 7.03. The third-order valence-corrected chi connectivity index (χ3v) is 9.44. The summed E-state index contributed by atoms with van der Waals surface area (Å²) in [7, 11) is -3.66. The van der Waals surface area contributed by atoms with Crippen LogP contribution < -0.4 is 16.2 Å². The van der Waals surface area contributed by atoms with E-state index in [-0.39, 0.29) is 49.4 Å². The Labute approximate surface area is 313 Å². The number of carbonyl (C=O) groups is 2. The predicted octanol–water partition coefficient (Wildman–Crippen LogP) is 3.19. The molecule has 6 N–H and O–H groups in total. The van der Waals surface area contributed by atoms with Crippen molar-refractivity contribution in [3.05, 3.63) is 131 Å². The Balaban J connectivity index is 1.58. The third kappa shape index (κ3) is 10.2. The maximum atomic E-state index is 14.5. The van der Waals surface area contributed by atoms with Crippen LogP contribution >= 0.6 is 0 Å². The first kappa shape index (κ1) is 40.2. The van der Waals surface area contributed by atoms with E-state index in [1.807, 2.05) is 53.4 Å². The molecule has 0 spiro atoms. The van der Waals surface area contributed by atoms with Gasteiger partial charge >= 0.3 is 20.2 Å². The Kier molecular flexibility index (Phi) is 13.7. The second-order valence-electron chi connectivity index (χ2n) is 13.4. The van der Waals surface area contributed by atoms with Crippen LogP contribution in [0.3, 0.4) is 0 Å². The van der Waals surface area contributed by atoms with Crippen LogP contribution in [-0.4, -0.2) is 80.7 Å². The second kappa shape index (κ2) is 18.4. The topological polar surface area (TPSA) is 154 Å². The highest BCUT2D eigenvalue weighted by Crippen LogP contribution is 2.35. The van der Waals surface area contributed by atoms with Crippen molar-refractivity contribution in [2.24, 2.45) is 0 Å². The van der Waals surface area contributed by atoms with E-state index in [2.05, 4.69) is 16.8 Å². The minimum Gasteiger partial charge on any atom is -0.481 e. The number of fused-ring (bicyclic) bond motifs is 2. The summed E-state index contributed by atoms with van der Waals surface area (Å²) in [6, 6.07) is 23.1. The number of rotatable bonds is 18. The first-order valence-corrected chi connectivity index (χ1v) is 17.6. The lowest BCUT2D eigenvalue weighted by atomic mass is 9.77. The Bertz CT molecular complexity index is 2090. The molecule has 0 saturated carbocycles. The molecule has 0 radical (unpaired) electrons. The molecule has 0 bridgehead atoms. The molecular weight excluding hydrogens is 694 g/mol. The van der Waals surface area contributed by atoms with Crippen LogP contribution in [0.4, 0.5) is 8.78 Å². The van der Waals surface area contributed by atoms with Gasteiger partial charge in [-0.2, -0.15) is 0 Å². The van der Waals surface area contributed by atoms with Gasteiger partial charge in [-0.3, -0.25) is 19.4 Å². The van der Waals surface area contributed by atoms with Crippen molar-refractivity contribution in [2.75, 3.05) is 19.6 Å². The molecule has 0 aliphatic rings. The number of nitrogens with zero attached hydrogens (tertiary/aromatic N) is 2. The summed E-state index contributed by atoms with van der Waals surface area (Å²) in [5, 5.41) is 56.3. The third-order valence-electron chi connectivity index (χ3n) is 9.44. The van der Waals surface area contributed by atoms with E-state index in [0.717, 1.165) is 38.7 Å². The molecule has 5 rings (SSSR count). The van der Waals surface area contributed by atoms with Gasteiger partial charge in [-0.1, -0.05) is 67.2 Å². The highest BCUT2D eigenvalue weighted by molar-refractivity contribution is 6.59. The van der Waals surface area contributed by atoms with Gasteiger partial charge in [0.15, 0.2) is 0 Å². The van der Waals surface area contributed by atoms with E-state index in [9.17, 15) is 43.6 Å². The summed E-state index contributed by atoms with van der Waals surface area (Å²) < 4.78 is 28.9. The van der Waals surface area contributed by atoms with Crippen molar-refractivity contribution in [1.82, 2.24) is 15.1 Å². The molecule has 54 heavy (non-hydrogen) atoms. The lowest BCUT2D eigenvalue weighted by Gasteiger charge is -2.28. The molecule has 10 nitrogen and oxygen atoms in total. The highest BCUT2D eigenvalue weighted by Gasteiger charge is 2.24. The van der Waals surface area contributed by atoms with Crippen molar-refractivity contribution in [1.29, 1.82) is 0 Å². The van der Waals surface area contributed by atoms with Crippen molar-refractivity contribution < 1.29 is 43.6 Å². The highest BCUT2D eigenvalue weighted by atomic mass is 19.1. The molecule has 0 aromatic heterocycles. The molecule has 0 fully saturated rings. The summed E-state index contributed by atoms with van der Waals surface area (Å²) in [4.78, 5) is 27.8. The van der Waals surface area contributed by atoms with Gasteiger partial charge in [0.1, 0.15) is 11.6 Å². The first-order chi connectivity index (χ1) is 25.8. The maximum absolute atomic E-state index is 14.5. The molecule has 0 saturated heterocycles. The average molecular weight is 737 g/mol. The number of amides is 1. The van der Waals surface area contributed by atoms with E-state index in [1.54, 1.807) is 6.92 Å². The quantitative estimate of drug-likeness (QED) is 0.0345. The van der Waals surface area contributed by atoms with Crippen molar-refractivity contribution >= 4 is 58.6 Å². The normalized spacial score (nSPS) is 11.4. The second-order valence-corrected chi connectivity index (χ2v) is 13.4. The van der Waals surface area contributed by atoms with Gasteiger partial charge in [0, 0.05) is 51.4 Å². The lowest BCUT2D eigenvalue weighted by molar-refractivity contribution is -0.137. The Morgan fingerprint density at radius 3 is 1.50 bits per heavy atom. The standard InChI is InChI=1S/C40H43B2F2N3O7/c1-26(2)40(50)45-17-7-18-46(22-27-20-29(43)12-14-37(27)41(51)52)24-35-31-8-3-5-10-33(31)36(34-11-6-4-9-32(34)35)25-47(19-16-39(48)49)23-28-21-30(44)13-15-38(28)42(53)54/h3-6,8-15,20-21,51-54H,1,7,16-19,22-25H2,2H3,(H,45,50)(H,48,49). The zero-order valence-electron chi connectivity index (χ0n) is 30.0. The number of halogens is 2. The van der Waals surface area contributed by atoms with E-state index in [0.29, 0.717) is 42.8 Å². The first-order valence-electron chi connectivity index (χ1n) is 17.6. The number of benzene rings is 5. The van der Waals surface area contributed by atoms with Crippen LogP contribution in [0.15, 0.2) is 97.1 Å². The van der Waals surface area contributed by atoms with Gasteiger partial charge in [-0.05, 0) is 92.3 Å². The fraction of sp³-hybridized carbons (Fsp3) is 0.250. The number of nitrogens with one attached hydrogen (secondary N) is 1.